The summed E-state index contributed by atoms with van der Waals surface area (Å²) in [5.74, 6) is 2.74. The predicted molar refractivity (Wildman–Crippen MR) is 76.5 cm³/mol. The molecule has 0 saturated heterocycles. The summed E-state index contributed by atoms with van der Waals surface area (Å²) in [7, 11) is 1.61. The average Bonchev–Trinajstić information content (AvgIpc) is 2.91. The molecule has 0 aliphatic carbocycles. The number of benzene rings is 1. The maximum Gasteiger partial charge on any atom is 0.239 e. The molecular formula is C14H15N3O2S. The fourth-order valence-electron chi connectivity index (χ4n) is 1.70. The maximum absolute atomic E-state index is 8.88. The van der Waals surface area contributed by atoms with Crippen molar-refractivity contribution in [1.29, 1.82) is 5.26 Å². The number of ether oxygens (including phenoxy) is 1. The number of aryl methyl sites for hydroxylation is 1. The molecule has 1 atom stereocenters. The van der Waals surface area contributed by atoms with E-state index >= 15 is 0 Å². The van der Waals surface area contributed by atoms with E-state index in [2.05, 4.69) is 16.2 Å². The van der Waals surface area contributed by atoms with Crippen LogP contribution in [0.5, 0.6) is 5.75 Å². The van der Waals surface area contributed by atoms with Crippen molar-refractivity contribution < 1.29 is 9.26 Å². The second-order valence-corrected chi connectivity index (χ2v) is 5.60. The Morgan fingerprint density at radius 1 is 1.50 bits per heavy atom. The Hall–Kier alpha value is -2.00. The van der Waals surface area contributed by atoms with Gasteiger partial charge in [0.2, 0.25) is 5.89 Å². The lowest BCUT2D eigenvalue weighted by Gasteiger charge is -2.10. The van der Waals surface area contributed by atoms with Gasteiger partial charge in [-0.1, -0.05) is 11.2 Å². The Morgan fingerprint density at radius 3 is 2.90 bits per heavy atom. The third-order valence-corrected chi connectivity index (χ3v) is 3.98. The normalized spacial score (nSPS) is 11.9. The summed E-state index contributed by atoms with van der Waals surface area (Å²) in [4.78, 5) is 4.22. The number of nitrogens with zero attached hydrogens (tertiary/aromatic N) is 3. The summed E-state index contributed by atoms with van der Waals surface area (Å²) in [6.07, 6.45) is 0. The van der Waals surface area contributed by atoms with Crippen LogP contribution in [-0.4, -0.2) is 17.3 Å². The topological polar surface area (TPSA) is 71.9 Å². The number of nitriles is 1. The molecule has 1 heterocycles. The summed E-state index contributed by atoms with van der Waals surface area (Å²) < 4.78 is 10.5. The van der Waals surface area contributed by atoms with E-state index in [-0.39, 0.29) is 5.25 Å². The first-order valence-corrected chi connectivity index (χ1v) is 7.17. The third-order valence-electron chi connectivity index (χ3n) is 2.80. The lowest BCUT2D eigenvalue weighted by Crippen LogP contribution is -1.94. The monoisotopic (exact) mass is 289 g/mol. The second kappa shape index (κ2) is 6.44. The van der Waals surface area contributed by atoms with E-state index in [9.17, 15) is 0 Å². The van der Waals surface area contributed by atoms with Gasteiger partial charge in [-0.2, -0.15) is 10.2 Å². The minimum Gasteiger partial charge on any atom is -0.496 e. The molecule has 2 aromatic rings. The van der Waals surface area contributed by atoms with Gasteiger partial charge in [-0.25, -0.2) is 0 Å². The highest BCUT2D eigenvalue weighted by Crippen LogP contribution is 2.33. The molecule has 1 aromatic carbocycles. The highest BCUT2D eigenvalue weighted by molar-refractivity contribution is 7.98. The third kappa shape index (κ3) is 3.31. The maximum atomic E-state index is 8.88. The number of hydrogen-bond acceptors (Lipinski definition) is 6. The van der Waals surface area contributed by atoms with E-state index < -0.39 is 0 Å². The summed E-state index contributed by atoms with van der Waals surface area (Å²) in [6.45, 7) is 3.82. The van der Waals surface area contributed by atoms with Crippen molar-refractivity contribution in [3.05, 3.63) is 41.0 Å². The molecule has 5 nitrogen and oxygen atoms in total. The number of hydrogen-bond donors (Lipinski definition) is 0. The van der Waals surface area contributed by atoms with E-state index in [4.69, 9.17) is 14.5 Å². The van der Waals surface area contributed by atoms with Crippen LogP contribution in [0, 0.1) is 18.3 Å². The van der Waals surface area contributed by atoms with Crippen molar-refractivity contribution in [3.63, 3.8) is 0 Å². The molecule has 0 N–H and O–H groups in total. The lowest BCUT2D eigenvalue weighted by atomic mass is 10.1. The van der Waals surface area contributed by atoms with Crippen LogP contribution < -0.4 is 4.74 Å². The first kappa shape index (κ1) is 14.4. The fraction of sp³-hybridized carbons (Fsp3) is 0.357. The van der Waals surface area contributed by atoms with Crippen molar-refractivity contribution in [3.8, 4) is 11.8 Å². The average molecular weight is 289 g/mol. The molecule has 1 aromatic heterocycles. The van der Waals surface area contributed by atoms with Gasteiger partial charge in [0.05, 0.1) is 24.0 Å². The van der Waals surface area contributed by atoms with E-state index in [0.29, 0.717) is 17.3 Å². The molecule has 0 unspecified atom stereocenters. The largest absolute Gasteiger partial charge is 0.496 e. The Labute approximate surface area is 121 Å². The molecule has 0 amide bonds. The van der Waals surface area contributed by atoms with Crippen LogP contribution in [0.25, 0.3) is 0 Å². The summed E-state index contributed by atoms with van der Waals surface area (Å²) in [6, 6.07) is 7.55. The minimum absolute atomic E-state index is 0.108. The zero-order valence-electron chi connectivity index (χ0n) is 11.6. The zero-order chi connectivity index (χ0) is 14.5. The zero-order valence-corrected chi connectivity index (χ0v) is 12.4. The molecule has 0 aliphatic rings. The fourth-order valence-corrected chi connectivity index (χ4v) is 2.60. The molecule has 0 bridgehead atoms. The number of rotatable bonds is 5. The van der Waals surface area contributed by atoms with Crippen molar-refractivity contribution in [2.24, 2.45) is 0 Å². The standard InChI is InChI=1S/C14H15N3O2S/c1-9(14-16-10(2)17-19-14)20-8-12-5-4-11(7-15)6-13(12)18-3/h4-6,9H,8H2,1-3H3/t9-/m1/s1. The summed E-state index contributed by atoms with van der Waals surface area (Å²) >= 11 is 1.68. The van der Waals surface area contributed by atoms with Gasteiger partial charge < -0.3 is 9.26 Å². The van der Waals surface area contributed by atoms with Crippen molar-refractivity contribution in [1.82, 2.24) is 10.1 Å². The summed E-state index contributed by atoms with van der Waals surface area (Å²) in [5, 5.41) is 12.8. The first-order valence-electron chi connectivity index (χ1n) is 6.13. The van der Waals surface area contributed by atoms with Gasteiger partial charge in [0.15, 0.2) is 5.82 Å². The highest BCUT2D eigenvalue weighted by atomic mass is 32.2. The SMILES string of the molecule is COc1cc(C#N)ccc1CS[C@H](C)c1nc(C)no1. The first-order chi connectivity index (χ1) is 9.63. The van der Waals surface area contributed by atoms with Crippen LogP contribution in [0.2, 0.25) is 0 Å². The lowest BCUT2D eigenvalue weighted by molar-refractivity contribution is 0.376. The molecular weight excluding hydrogens is 274 g/mol. The Balaban J connectivity index is 2.05. The van der Waals surface area contributed by atoms with Gasteiger partial charge in [0.1, 0.15) is 5.75 Å². The van der Waals surface area contributed by atoms with Crippen molar-refractivity contribution in [2.45, 2.75) is 24.9 Å². The highest BCUT2D eigenvalue weighted by Gasteiger charge is 2.14. The smallest absolute Gasteiger partial charge is 0.239 e. The van der Waals surface area contributed by atoms with Gasteiger partial charge in [-0.05, 0) is 26.0 Å². The quantitative estimate of drug-likeness (QED) is 0.841. The van der Waals surface area contributed by atoms with Gasteiger partial charge in [0.25, 0.3) is 0 Å². The Bertz CT molecular complexity index is 634. The second-order valence-electron chi connectivity index (χ2n) is 4.27. The Kier molecular flexibility index (Phi) is 4.64. The number of aromatic nitrogens is 2. The van der Waals surface area contributed by atoms with Crippen molar-refractivity contribution >= 4 is 11.8 Å². The van der Waals surface area contributed by atoms with Crippen LogP contribution in [0.3, 0.4) is 0 Å². The van der Waals surface area contributed by atoms with Gasteiger partial charge in [-0.15, -0.1) is 11.8 Å². The molecule has 104 valence electrons. The molecule has 2 rings (SSSR count). The Morgan fingerprint density at radius 2 is 2.30 bits per heavy atom. The molecule has 0 spiro atoms. The minimum atomic E-state index is 0.108. The molecule has 0 fully saturated rings. The summed E-state index contributed by atoms with van der Waals surface area (Å²) in [5.41, 5.74) is 1.63. The van der Waals surface area contributed by atoms with Crippen molar-refractivity contribution in [2.75, 3.05) is 7.11 Å². The molecule has 0 aliphatic heterocycles. The molecule has 20 heavy (non-hydrogen) atoms. The van der Waals surface area contributed by atoms with Crippen LogP contribution in [-0.2, 0) is 5.75 Å². The van der Waals surface area contributed by atoms with Gasteiger partial charge in [-0.3, -0.25) is 0 Å². The van der Waals surface area contributed by atoms with Crippen LogP contribution in [0.15, 0.2) is 22.7 Å². The predicted octanol–water partition coefficient (Wildman–Crippen LogP) is 3.25. The number of methoxy groups -OCH3 is 1. The van der Waals surface area contributed by atoms with Crippen LogP contribution in [0.1, 0.15) is 35.0 Å². The number of thioether (sulfide) groups is 1. The molecule has 6 heteroatoms. The molecule has 0 saturated carbocycles. The molecule has 0 radical (unpaired) electrons. The van der Waals surface area contributed by atoms with E-state index in [1.54, 1.807) is 37.9 Å². The van der Waals surface area contributed by atoms with Crippen LogP contribution in [0.4, 0.5) is 0 Å². The van der Waals surface area contributed by atoms with Crippen LogP contribution >= 0.6 is 11.8 Å². The van der Waals surface area contributed by atoms with E-state index in [0.717, 1.165) is 17.1 Å². The van der Waals surface area contributed by atoms with E-state index in [1.165, 1.54) is 0 Å². The van der Waals surface area contributed by atoms with E-state index in [1.807, 2.05) is 13.0 Å². The van der Waals surface area contributed by atoms with Gasteiger partial charge >= 0.3 is 0 Å². The van der Waals surface area contributed by atoms with Gasteiger partial charge in [0, 0.05) is 11.3 Å².